The van der Waals surface area contributed by atoms with Crippen LogP contribution in [-0.4, -0.2) is 10.9 Å². The first kappa shape index (κ1) is 14.9. The zero-order valence-electron chi connectivity index (χ0n) is 12.7. The lowest BCUT2D eigenvalue weighted by atomic mass is 10.0. The number of carbonyl (C=O) groups is 1. The molecule has 2 aromatic carbocycles. The van der Waals surface area contributed by atoms with Crippen molar-refractivity contribution in [2.24, 2.45) is 0 Å². The Morgan fingerprint density at radius 2 is 1.48 bits per heavy atom. The van der Waals surface area contributed by atoms with Crippen LogP contribution in [0.1, 0.15) is 15.9 Å². The van der Waals surface area contributed by atoms with Crippen LogP contribution in [0, 0.1) is 0 Å². The first-order valence-electron chi connectivity index (χ1n) is 7.38. The maximum absolute atomic E-state index is 12.7. The minimum Gasteiger partial charge on any atom is -0.506 e. The highest BCUT2D eigenvalue weighted by Gasteiger charge is 2.25. The fraction of sp³-hybridized carbons (Fsp3) is 0. The molecule has 0 saturated heterocycles. The number of carbonyl (C=O) groups excluding carboxylic acids is 1. The van der Waals surface area contributed by atoms with Gasteiger partial charge in [-0.25, -0.2) is 9.59 Å². The summed E-state index contributed by atoms with van der Waals surface area (Å²) in [6.07, 6.45) is 0. The fourth-order valence-corrected chi connectivity index (χ4v) is 2.69. The summed E-state index contributed by atoms with van der Waals surface area (Å²) in [7, 11) is 0. The SMILES string of the molecule is O=C(c1cc2ccccc2oc1=O)c1c(O)c2ccccc2oc1=O. The van der Waals surface area contributed by atoms with Gasteiger partial charge >= 0.3 is 11.3 Å². The number of hydrogen-bond donors (Lipinski definition) is 1. The maximum atomic E-state index is 12.7. The Bertz CT molecular complexity index is 1260. The van der Waals surface area contributed by atoms with Gasteiger partial charge in [-0.15, -0.1) is 0 Å². The third kappa shape index (κ3) is 2.31. The zero-order valence-corrected chi connectivity index (χ0v) is 12.7. The summed E-state index contributed by atoms with van der Waals surface area (Å²) in [5, 5.41) is 11.1. The molecule has 6 nitrogen and oxygen atoms in total. The van der Waals surface area contributed by atoms with Crippen molar-refractivity contribution in [2.45, 2.75) is 0 Å². The van der Waals surface area contributed by atoms with Crippen molar-refractivity contribution in [3.05, 3.63) is 86.6 Å². The number of fused-ring (bicyclic) bond motifs is 2. The molecule has 0 unspecified atom stereocenters. The zero-order chi connectivity index (χ0) is 17.6. The van der Waals surface area contributed by atoms with Gasteiger partial charge in [0.1, 0.15) is 22.5 Å². The molecule has 0 radical (unpaired) electrons. The van der Waals surface area contributed by atoms with Crippen LogP contribution in [0.25, 0.3) is 21.9 Å². The van der Waals surface area contributed by atoms with E-state index in [4.69, 9.17) is 8.83 Å². The van der Waals surface area contributed by atoms with Gasteiger partial charge in [-0.3, -0.25) is 4.79 Å². The summed E-state index contributed by atoms with van der Waals surface area (Å²) in [6.45, 7) is 0. The standard InChI is InChI=1S/C19H10O6/c20-16-11-6-2-4-8-14(11)25-19(23)15(16)17(21)12-9-10-5-1-3-7-13(10)24-18(12)22/h1-9,20H. The van der Waals surface area contributed by atoms with Crippen LogP contribution in [0.3, 0.4) is 0 Å². The molecule has 2 heterocycles. The van der Waals surface area contributed by atoms with E-state index in [1.807, 2.05) is 0 Å². The highest BCUT2D eigenvalue weighted by molar-refractivity contribution is 6.13. The molecule has 25 heavy (non-hydrogen) atoms. The van der Waals surface area contributed by atoms with Gasteiger partial charge in [0.25, 0.3) is 0 Å². The Kier molecular flexibility index (Phi) is 3.25. The number of para-hydroxylation sites is 2. The van der Waals surface area contributed by atoms with Crippen molar-refractivity contribution in [1.82, 2.24) is 0 Å². The molecule has 0 aliphatic rings. The predicted molar refractivity (Wildman–Crippen MR) is 90.1 cm³/mol. The molecule has 0 bridgehead atoms. The van der Waals surface area contributed by atoms with Crippen molar-refractivity contribution in [2.75, 3.05) is 0 Å². The molecular formula is C19H10O6. The molecule has 4 aromatic rings. The van der Waals surface area contributed by atoms with Crippen molar-refractivity contribution in [3.63, 3.8) is 0 Å². The van der Waals surface area contributed by atoms with Gasteiger partial charge in [0, 0.05) is 5.39 Å². The number of hydrogen-bond acceptors (Lipinski definition) is 6. The lowest BCUT2D eigenvalue weighted by Crippen LogP contribution is -2.21. The highest BCUT2D eigenvalue weighted by atomic mass is 16.4. The molecule has 1 N–H and O–H groups in total. The van der Waals surface area contributed by atoms with E-state index in [9.17, 15) is 19.5 Å². The minimum atomic E-state index is -1.02. The molecule has 0 saturated carbocycles. The van der Waals surface area contributed by atoms with E-state index in [2.05, 4.69) is 0 Å². The van der Waals surface area contributed by atoms with Crippen LogP contribution in [0.15, 0.2) is 73.0 Å². The van der Waals surface area contributed by atoms with Crippen molar-refractivity contribution in [1.29, 1.82) is 0 Å². The molecule has 0 fully saturated rings. The van der Waals surface area contributed by atoms with Gasteiger partial charge in [-0.2, -0.15) is 0 Å². The van der Waals surface area contributed by atoms with Crippen LogP contribution in [0.4, 0.5) is 0 Å². The molecule has 0 aliphatic carbocycles. The van der Waals surface area contributed by atoms with E-state index in [1.54, 1.807) is 36.4 Å². The maximum Gasteiger partial charge on any atom is 0.351 e. The number of benzene rings is 2. The predicted octanol–water partition coefficient (Wildman–Crippen LogP) is 2.84. The molecule has 0 spiro atoms. The van der Waals surface area contributed by atoms with Crippen LogP contribution >= 0.6 is 0 Å². The van der Waals surface area contributed by atoms with E-state index in [0.717, 1.165) is 0 Å². The molecule has 122 valence electrons. The first-order valence-corrected chi connectivity index (χ1v) is 7.38. The van der Waals surface area contributed by atoms with Crippen molar-refractivity contribution >= 4 is 27.7 Å². The summed E-state index contributed by atoms with van der Waals surface area (Å²) in [5.74, 6) is -1.47. The first-order chi connectivity index (χ1) is 12.1. The van der Waals surface area contributed by atoms with E-state index in [-0.39, 0.29) is 16.5 Å². The lowest BCUT2D eigenvalue weighted by Gasteiger charge is -2.05. The average Bonchev–Trinajstić information content (AvgIpc) is 2.61. The Balaban J connectivity index is 1.98. The van der Waals surface area contributed by atoms with Gasteiger partial charge in [0.15, 0.2) is 5.56 Å². The van der Waals surface area contributed by atoms with Crippen molar-refractivity contribution < 1.29 is 18.7 Å². The second-order valence-electron chi connectivity index (χ2n) is 5.42. The molecule has 2 aromatic heterocycles. The lowest BCUT2D eigenvalue weighted by molar-refractivity contribution is 0.103. The quantitative estimate of drug-likeness (QED) is 0.447. The summed E-state index contributed by atoms with van der Waals surface area (Å²) in [4.78, 5) is 37.0. The average molecular weight is 334 g/mol. The Morgan fingerprint density at radius 3 is 2.28 bits per heavy atom. The van der Waals surface area contributed by atoms with Crippen LogP contribution in [-0.2, 0) is 0 Å². The van der Waals surface area contributed by atoms with E-state index >= 15 is 0 Å². The van der Waals surface area contributed by atoms with Gasteiger partial charge in [0.05, 0.1) is 5.39 Å². The number of rotatable bonds is 2. The summed E-state index contributed by atoms with van der Waals surface area (Å²) >= 11 is 0. The highest BCUT2D eigenvalue weighted by Crippen LogP contribution is 2.27. The third-order valence-electron chi connectivity index (χ3n) is 3.90. The Morgan fingerprint density at radius 1 is 0.840 bits per heavy atom. The summed E-state index contributed by atoms with van der Waals surface area (Å²) < 4.78 is 10.2. The summed E-state index contributed by atoms with van der Waals surface area (Å²) in [5.41, 5.74) is -2.40. The topological polar surface area (TPSA) is 97.7 Å². The van der Waals surface area contributed by atoms with Gasteiger partial charge in [-0.1, -0.05) is 30.3 Å². The minimum absolute atomic E-state index is 0.145. The molecule has 0 amide bonds. The van der Waals surface area contributed by atoms with E-state index in [0.29, 0.717) is 11.0 Å². The molecular weight excluding hydrogens is 324 g/mol. The number of aromatic hydroxyl groups is 1. The number of ketones is 1. The molecule has 0 atom stereocenters. The Hall–Kier alpha value is -3.67. The molecule has 6 heteroatoms. The normalized spacial score (nSPS) is 11.0. The van der Waals surface area contributed by atoms with Crippen LogP contribution in [0.5, 0.6) is 5.75 Å². The Labute approximate surface area is 139 Å². The smallest absolute Gasteiger partial charge is 0.351 e. The fourth-order valence-electron chi connectivity index (χ4n) is 2.69. The van der Waals surface area contributed by atoms with Crippen LogP contribution < -0.4 is 11.3 Å². The molecule has 0 aliphatic heterocycles. The summed E-state index contributed by atoms with van der Waals surface area (Å²) in [6, 6.07) is 14.3. The van der Waals surface area contributed by atoms with Gasteiger partial charge < -0.3 is 13.9 Å². The van der Waals surface area contributed by atoms with E-state index < -0.39 is 28.3 Å². The van der Waals surface area contributed by atoms with Crippen LogP contribution in [0.2, 0.25) is 0 Å². The second-order valence-corrected chi connectivity index (χ2v) is 5.42. The van der Waals surface area contributed by atoms with Gasteiger partial charge in [0.2, 0.25) is 5.78 Å². The third-order valence-corrected chi connectivity index (χ3v) is 3.90. The van der Waals surface area contributed by atoms with E-state index in [1.165, 1.54) is 18.2 Å². The van der Waals surface area contributed by atoms with Crippen molar-refractivity contribution in [3.8, 4) is 5.75 Å². The van der Waals surface area contributed by atoms with Gasteiger partial charge in [-0.05, 0) is 24.3 Å². The molecule has 4 rings (SSSR count). The second kappa shape index (κ2) is 5.45. The monoisotopic (exact) mass is 334 g/mol. The largest absolute Gasteiger partial charge is 0.506 e.